The number of ether oxygens (including phenoxy) is 2. The van der Waals surface area contributed by atoms with Crippen LogP contribution in [0.15, 0.2) is 18.5 Å². The van der Waals surface area contributed by atoms with E-state index in [0.29, 0.717) is 49.9 Å². The van der Waals surface area contributed by atoms with Crippen LogP contribution in [0.2, 0.25) is 0 Å². The third-order valence-corrected chi connectivity index (χ3v) is 6.08. The molecule has 2 saturated carbocycles. The van der Waals surface area contributed by atoms with E-state index in [4.69, 9.17) is 20.2 Å². The summed E-state index contributed by atoms with van der Waals surface area (Å²) in [5.74, 6) is 1.30. The van der Waals surface area contributed by atoms with Crippen molar-refractivity contribution >= 4 is 17.9 Å². The average Bonchev–Trinajstić information content (AvgIpc) is 3.60. The lowest BCUT2D eigenvalue weighted by atomic mass is 9.88. The number of nitrogens with two attached hydrogens (primary N) is 1. The van der Waals surface area contributed by atoms with Crippen LogP contribution in [0.4, 0.5) is 16.7 Å². The van der Waals surface area contributed by atoms with Crippen molar-refractivity contribution in [3.8, 4) is 17.1 Å². The van der Waals surface area contributed by atoms with Gasteiger partial charge in [0.2, 0.25) is 17.8 Å². The number of amides is 2. The van der Waals surface area contributed by atoms with E-state index >= 15 is 0 Å². The maximum Gasteiger partial charge on any atom is 0.317 e. The zero-order valence-corrected chi connectivity index (χ0v) is 18.1. The van der Waals surface area contributed by atoms with Crippen LogP contribution < -0.4 is 20.7 Å². The van der Waals surface area contributed by atoms with Gasteiger partial charge >= 0.3 is 6.03 Å². The second-order valence-corrected chi connectivity index (χ2v) is 8.52. The molecule has 32 heavy (non-hydrogen) atoms. The van der Waals surface area contributed by atoms with Crippen LogP contribution in [-0.2, 0) is 4.74 Å². The summed E-state index contributed by atoms with van der Waals surface area (Å²) in [7, 11) is 1.85. The van der Waals surface area contributed by atoms with E-state index < -0.39 is 0 Å². The summed E-state index contributed by atoms with van der Waals surface area (Å²) in [6, 6.07) is 2.32. The van der Waals surface area contributed by atoms with Gasteiger partial charge in [0.1, 0.15) is 6.10 Å². The number of nitrogens with one attached hydrogen (secondary N) is 1. The summed E-state index contributed by atoms with van der Waals surface area (Å²) in [6.45, 7) is 2.70. The molecule has 3 heterocycles. The Hall–Kier alpha value is -3.21. The van der Waals surface area contributed by atoms with Crippen LogP contribution in [0.3, 0.4) is 0 Å². The van der Waals surface area contributed by atoms with E-state index in [2.05, 4.69) is 25.2 Å². The van der Waals surface area contributed by atoms with Gasteiger partial charge in [0.15, 0.2) is 0 Å². The number of urea groups is 1. The van der Waals surface area contributed by atoms with Gasteiger partial charge in [-0.15, -0.1) is 0 Å². The van der Waals surface area contributed by atoms with E-state index in [1.165, 1.54) is 0 Å². The zero-order valence-electron chi connectivity index (χ0n) is 18.1. The van der Waals surface area contributed by atoms with Crippen molar-refractivity contribution in [3.63, 3.8) is 0 Å². The second kappa shape index (κ2) is 8.73. The molecule has 1 aliphatic heterocycles. The molecule has 0 bridgehead atoms. The standard InChI is InChI=1S/C21H28N8O3/c1-28(21(30)25-14-2-3-14)15-8-16(9-15)32-18-10-17(13-11-23-19(22)24-12-13)26-20(27-18)29-4-6-31-7-5-29/h10-12,14-16H,2-9H2,1H3,(H,25,30)(H2,22,23,24). The molecule has 2 aliphatic carbocycles. The smallest absolute Gasteiger partial charge is 0.317 e. The number of hydrogen-bond donors (Lipinski definition) is 2. The number of hydrogen-bond acceptors (Lipinski definition) is 9. The number of carbonyl (C=O) groups is 1. The van der Waals surface area contributed by atoms with Crippen molar-refractivity contribution < 1.29 is 14.3 Å². The number of rotatable bonds is 6. The summed E-state index contributed by atoms with van der Waals surface area (Å²) < 4.78 is 11.6. The minimum Gasteiger partial charge on any atom is -0.474 e. The molecule has 170 valence electrons. The minimum absolute atomic E-state index is 0.000804. The van der Waals surface area contributed by atoms with Crippen LogP contribution in [0, 0.1) is 0 Å². The fraction of sp³-hybridized carbons (Fsp3) is 0.571. The molecule has 1 saturated heterocycles. The highest BCUT2D eigenvalue weighted by Crippen LogP contribution is 2.31. The molecule has 0 spiro atoms. The molecule has 3 aliphatic rings. The molecule has 0 atom stereocenters. The van der Waals surface area contributed by atoms with Crippen LogP contribution in [-0.4, -0.2) is 82.4 Å². The summed E-state index contributed by atoms with van der Waals surface area (Å²) in [6.07, 6.45) is 6.98. The Morgan fingerprint density at radius 1 is 1.22 bits per heavy atom. The Balaban J connectivity index is 1.29. The molecule has 2 aromatic rings. The summed E-state index contributed by atoms with van der Waals surface area (Å²) in [5, 5.41) is 3.03. The van der Waals surface area contributed by atoms with E-state index in [9.17, 15) is 4.79 Å². The highest BCUT2D eigenvalue weighted by atomic mass is 16.5. The molecule has 0 radical (unpaired) electrons. The van der Waals surface area contributed by atoms with Gasteiger partial charge < -0.3 is 30.3 Å². The van der Waals surface area contributed by atoms with Crippen molar-refractivity contribution in [2.24, 2.45) is 0 Å². The quantitative estimate of drug-likeness (QED) is 0.677. The Kier molecular flexibility index (Phi) is 5.64. The van der Waals surface area contributed by atoms with Gasteiger partial charge in [-0.2, -0.15) is 4.98 Å². The topological polar surface area (TPSA) is 132 Å². The first-order valence-corrected chi connectivity index (χ1v) is 11.0. The van der Waals surface area contributed by atoms with Crippen molar-refractivity contribution in [1.82, 2.24) is 30.2 Å². The van der Waals surface area contributed by atoms with Gasteiger partial charge in [-0.1, -0.05) is 0 Å². The van der Waals surface area contributed by atoms with E-state index in [-0.39, 0.29) is 24.1 Å². The van der Waals surface area contributed by atoms with Gasteiger partial charge in [0.05, 0.1) is 18.9 Å². The summed E-state index contributed by atoms with van der Waals surface area (Å²) >= 11 is 0. The Labute approximate surface area is 186 Å². The second-order valence-electron chi connectivity index (χ2n) is 8.52. The lowest BCUT2D eigenvalue weighted by Gasteiger charge is -2.40. The molecule has 11 heteroatoms. The fourth-order valence-electron chi connectivity index (χ4n) is 3.79. The van der Waals surface area contributed by atoms with Gasteiger partial charge in [-0.3, -0.25) is 0 Å². The molecule has 3 N–H and O–H groups in total. The number of aromatic nitrogens is 4. The monoisotopic (exact) mass is 440 g/mol. The van der Waals surface area contributed by atoms with Crippen LogP contribution >= 0.6 is 0 Å². The molecule has 0 aromatic carbocycles. The SMILES string of the molecule is CN(C(=O)NC1CC1)C1CC(Oc2cc(-c3cnc(N)nc3)nc(N3CCOCC3)n2)C1. The zero-order chi connectivity index (χ0) is 22.1. The van der Waals surface area contributed by atoms with Crippen LogP contribution in [0.5, 0.6) is 5.88 Å². The van der Waals surface area contributed by atoms with E-state index in [1.54, 1.807) is 23.4 Å². The van der Waals surface area contributed by atoms with Gasteiger partial charge in [0, 0.05) is 69.1 Å². The molecule has 0 unspecified atom stereocenters. The van der Waals surface area contributed by atoms with Crippen molar-refractivity contribution in [2.45, 2.75) is 43.9 Å². The third kappa shape index (κ3) is 4.67. The normalized spacial score (nSPS) is 22.7. The predicted octanol–water partition coefficient (Wildman–Crippen LogP) is 1.07. The lowest BCUT2D eigenvalue weighted by molar-refractivity contribution is 0.0405. The number of carbonyl (C=O) groups excluding carboxylic acids is 1. The first-order chi connectivity index (χ1) is 15.5. The minimum atomic E-state index is -0.00164. The van der Waals surface area contributed by atoms with Crippen molar-refractivity contribution in [2.75, 3.05) is 44.0 Å². The Morgan fingerprint density at radius 3 is 2.62 bits per heavy atom. The molecule has 11 nitrogen and oxygen atoms in total. The molecule has 3 fully saturated rings. The molecule has 2 aromatic heterocycles. The fourth-order valence-corrected chi connectivity index (χ4v) is 3.79. The van der Waals surface area contributed by atoms with Gasteiger partial charge in [0.25, 0.3) is 0 Å². The lowest BCUT2D eigenvalue weighted by Crippen LogP contribution is -2.53. The number of anilines is 2. The summed E-state index contributed by atoms with van der Waals surface area (Å²) in [5.41, 5.74) is 7.04. The molecule has 2 amide bonds. The predicted molar refractivity (Wildman–Crippen MR) is 117 cm³/mol. The number of nitrogen functional groups attached to an aromatic ring is 1. The average molecular weight is 441 g/mol. The number of morpholine rings is 1. The first-order valence-electron chi connectivity index (χ1n) is 11.0. The largest absolute Gasteiger partial charge is 0.474 e. The maximum absolute atomic E-state index is 12.3. The van der Waals surface area contributed by atoms with Crippen molar-refractivity contribution in [1.29, 1.82) is 0 Å². The summed E-state index contributed by atoms with van der Waals surface area (Å²) in [4.78, 5) is 33.6. The first kappa shape index (κ1) is 20.7. The van der Waals surface area contributed by atoms with Gasteiger partial charge in [-0.05, 0) is 12.8 Å². The maximum atomic E-state index is 12.3. The highest BCUT2D eigenvalue weighted by molar-refractivity contribution is 5.75. The highest BCUT2D eigenvalue weighted by Gasteiger charge is 2.37. The van der Waals surface area contributed by atoms with E-state index in [1.807, 2.05) is 7.05 Å². The molecular weight excluding hydrogens is 412 g/mol. The third-order valence-electron chi connectivity index (χ3n) is 6.08. The van der Waals surface area contributed by atoms with Crippen LogP contribution in [0.1, 0.15) is 25.7 Å². The van der Waals surface area contributed by atoms with Gasteiger partial charge in [-0.25, -0.2) is 19.7 Å². The Bertz CT molecular complexity index is 956. The number of nitrogens with zero attached hydrogens (tertiary/aromatic N) is 6. The Morgan fingerprint density at radius 2 is 1.94 bits per heavy atom. The van der Waals surface area contributed by atoms with E-state index in [0.717, 1.165) is 31.2 Å². The molecular formula is C21H28N8O3. The molecule has 5 rings (SSSR count). The van der Waals surface area contributed by atoms with Crippen LogP contribution in [0.25, 0.3) is 11.3 Å². The van der Waals surface area contributed by atoms with Crippen molar-refractivity contribution in [3.05, 3.63) is 18.5 Å².